The Labute approximate surface area is 104 Å². The normalized spacial score (nSPS) is 17.1. The number of nitrogens with zero attached hydrogens (tertiary/aromatic N) is 1. The van der Waals surface area contributed by atoms with Crippen LogP contribution in [-0.2, 0) is 0 Å². The lowest BCUT2D eigenvalue weighted by Gasteiger charge is -2.37. The number of likely N-dealkylation sites (tertiary alicyclic amines) is 1. The predicted octanol–water partition coefficient (Wildman–Crippen LogP) is 1.75. The van der Waals surface area contributed by atoms with Crippen molar-refractivity contribution < 1.29 is 9.84 Å². The third-order valence-corrected chi connectivity index (χ3v) is 3.31. The zero-order valence-electron chi connectivity index (χ0n) is 9.10. The van der Waals surface area contributed by atoms with Gasteiger partial charge in [0.2, 0.25) is 0 Å². The van der Waals surface area contributed by atoms with Crippen LogP contribution in [0, 0.1) is 5.92 Å². The van der Waals surface area contributed by atoms with Crippen LogP contribution in [0.2, 0.25) is 0 Å². The second-order valence-corrected chi connectivity index (χ2v) is 5.03. The molecule has 0 spiro atoms. The van der Waals surface area contributed by atoms with Gasteiger partial charge in [-0.15, -0.1) is 0 Å². The first-order chi connectivity index (χ1) is 7.78. The van der Waals surface area contributed by atoms with Crippen molar-refractivity contribution in [3.63, 3.8) is 0 Å². The van der Waals surface area contributed by atoms with E-state index in [0.717, 1.165) is 29.9 Å². The lowest BCUT2D eigenvalue weighted by molar-refractivity contribution is 0.0439. The van der Waals surface area contributed by atoms with Gasteiger partial charge < -0.3 is 9.84 Å². The van der Waals surface area contributed by atoms with Gasteiger partial charge in [-0.05, 0) is 24.3 Å². The van der Waals surface area contributed by atoms with Crippen molar-refractivity contribution in [2.24, 2.45) is 5.92 Å². The van der Waals surface area contributed by atoms with E-state index < -0.39 is 0 Å². The molecule has 0 amide bonds. The highest BCUT2D eigenvalue weighted by Gasteiger charge is 2.24. The molecule has 1 saturated heterocycles. The summed E-state index contributed by atoms with van der Waals surface area (Å²) in [4.78, 5) is 2.29. The molecule has 1 heterocycles. The van der Waals surface area contributed by atoms with Gasteiger partial charge in [0.15, 0.2) is 0 Å². The summed E-state index contributed by atoms with van der Waals surface area (Å²) in [6.45, 7) is 3.96. The quantitative estimate of drug-likeness (QED) is 0.895. The molecule has 0 atom stereocenters. The van der Waals surface area contributed by atoms with Crippen molar-refractivity contribution in [3.05, 3.63) is 28.7 Å². The Morgan fingerprint density at radius 3 is 2.62 bits per heavy atom. The minimum Gasteiger partial charge on any atom is -0.492 e. The predicted molar refractivity (Wildman–Crippen MR) is 66.7 cm³/mol. The van der Waals surface area contributed by atoms with Crippen molar-refractivity contribution in [1.29, 1.82) is 0 Å². The summed E-state index contributed by atoms with van der Waals surface area (Å²) in [5, 5.41) is 8.87. The van der Waals surface area contributed by atoms with E-state index in [9.17, 15) is 0 Å². The van der Waals surface area contributed by atoms with Crippen molar-refractivity contribution in [2.45, 2.75) is 0 Å². The molecule has 0 bridgehead atoms. The Morgan fingerprint density at radius 1 is 1.31 bits per heavy atom. The average Bonchev–Trinajstić information content (AvgIpc) is 2.24. The van der Waals surface area contributed by atoms with E-state index in [0.29, 0.717) is 19.1 Å². The van der Waals surface area contributed by atoms with Crippen molar-refractivity contribution in [3.8, 4) is 5.75 Å². The van der Waals surface area contributed by atoms with Gasteiger partial charge in [0.1, 0.15) is 12.4 Å². The van der Waals surface area contributed by atoms with Gasteiger partial charge >= 0.3 is 0 Å². The maximum absolute atomic E-state index is 8.87. The van der Waals surface area contributed by atoms with Crippen LogP contribution in [0.4, 0.5) is 0 Å². The number of benzene rings is 1. The number of rotatable bonds is 5. The first-order valence-corrected chi connectivity index (χ1v) is 6.29. The molecule has 0 unspecified atom stereocenters. The highest BCUT2D eigenvalue weighted by molar-refractivity contribution is 9.10. The van der Waals surface area contributed by atoms with E-state index in [1.165, 1.54) is 0 Å². The third kappa shape index (κ3) is 3.20. The summed E-state index contributed by atoms with van der Waals surface area (Å²) in [7, 11) is 0. The van der Waals surface area contributed by atoms with Crippen LogP contribution in [0.3, 0.4) is 0 Å². The summed E-state index contributed by atoms with van der Waals surface area (Å²) in [5.74, 6) is 1.38. The standard InChI is InChI=1S/C12H16BrNO2/c13-11-1-3-12(4-2-11)16-6-5-14-7-10(8-14)9-15/h1-4,10,15H,5-9H2. The fraction of sp³-hybridized carbons (Fsp3) is 0.500. The van der Waals surface area contributed by atoms with Gasteiger partial charge in [0.05, 0.1) is 0 Å². The molecule has 1 N–H and O–H groups in total. The topological polar surface area (TPSA) is 32.7 Å². The average molecular weight is 286 g/mol. The number of halogens is 1. The monoisotopic (exact) mass is 285 g/mol. The molecule has 0 saturated carbocycles. The smallest absolute Gasteiger partial charge is 0.119 e. The minimum atomic E-state index is 0.310. The van der Waals surface area contributed by atoms with Crippen LogP contribution >= 0.6 is 15.9 Å². The van der Waals surface area contributed by atoms with Crippen LogP contribution < -0.4 is 4.74 Å². The van der Waals surface area contributed by atoms with Crippen LogP contribution in [0.1, 0.15) is 0 Å². The zero-order chi connectivity index (χ0) is 11.4. The zero-order valence-corrected chi connectivity index (χ0v) is 10.7. The van der Waals surface area contributed by atoms with Gasteiger partial charge in [-0.1, -0.05) is 15.9 Å². The molecular formula is C12H16BrNO2. The fourth-order valence-corrected chi connectivity index (χ4v) is 2.06. The Bertz CT molecular complexity index is 322. The summed E-state index contributed by atoms with van der Waals surface area (Å²) in [5.41, 5.74) is 0. The van der Waals surface area contributed by atoms with Crippen LogP contribution in [0.25, 0.3) is 0 Å². The SMILES string of the molecule is OCC1CN(CCOc2ccc(Br)cc2)C1. The lowest BCUT2D eigenvalue weighted by atomic mass is 10.0. The van der Waals surface area contributed by atoms with Crippen molar-refractivity contribution in [1.82, 2.24) is 4.90 Å². The Morgan fingerprint density at radius 2 is 2.00 bits per heavy atom. The molecule has 2 rings (SSSR count). The Kier molecular flexibility index (Phi) is 4.21. The molecule has 1 aromatic rings. The van der Waals surface area contributed by atoms with E-state index in [-0.39, 0.29) is 0 Å². The van der Waals surface area contributed by atoms with Crippen LogP contribution in [-0.4, -0.2) is 42.9 Å². The molecule has 1 aliphatic heterocycles. The lowest BCUT2D eigenvalue weighted by Crippen LogP contribution is -2.49. The summed E-state index contributed by atoms with van der Waals surface area (Å²) < 4.78 is 6.67. The van der Waals surface area contributed by atoms with E-state index in [1.807, 2.05) is 24.3 Å². The van der Waals surface area contributed by atoms with Crippen LogP contribution in [0.15, 0.2) is 28.7 Å². The second kappa shape index (κ2) is 5.66. The van der Waals surface area contributed by atoms with E-state index in [4.69, 9.17) is 9.84 Å². The van der Waals surface area contributed by atoms with Gasteiger partial charge in [-0.25, -0.2) is 0 Å². The molecule has 1 fully saturated rings. The number of hydrogen-bond acceptors (Lipinski definition) is 3. The first-order valence-electron chi connectivity index (χ1n) is 5.49. The van der Waals surface area contributed by atoms with Gasteiger partial charge in [-0.2, -0.15) is 0 Å². The van der Waals surface area contributed by atoms with Gasteiger partial charge in [-0.3, -0.25) is 4.90 Å². The van der Waals surface area contributed by atoms with Gasteiger partial charge in [0.25, 0.3) is 0 Å². The third-order valence-electron chi connectivity index (χ3n) is 2.78. The highest BCUT2D eigenvalue weighted by Crippen LogP contribution is 2.17. The molecule has 1 aromatic carbocycles. The first kappa shape index (κ1) is 11.9. The van der Waals surface area contributed by atoms with Gasteiger partial charge in [0, 0.05) is 36.6 Å². The molecule has 0 radical (unpaired) electrons. The number of aliphatic hydroxyl groups is 1. The molecule has 0 aromatic heterocycles. The second-order valence-electron chi connectivity index (χ2n) is 4.11. The molecule has 0 aliphatic carbocycles. The Hall–Kier alpha value is -0.580. The minimum absolute atomic E-state index is 0.310. The molecule has 1 aliphatic rings. The molecule has 3 nitrogen and oxygen atoms in total. The van der Waals surface area contributed by atoms with E-state index >= 15 is 0 Å². The summed E-state index contributed by atoms with van der Waals surface area (Å²) >= 11 is 3.38. The summed E-state index contributed by atoms with van der Waals surface area (Å²) in [6, 6.07) is 7.86. The number of hydrogen-bond donors (Lipinski definition) is 1. The maximum atomic E-state index is 8.87. The molecular weight excluding hydrogens is 270 g/mol. The van der Waals surface area contributed by atoms with Crippen molar-refractivity contribution >= 4 is 15.9 Å². The molecule has 4 heteroatoms. The van der Waals surface area contributed by atoms with E-state index in [2.05, 4.69) is 20.8 Å². The summed E-state index contributed by atoms with van der Waals surface area (Å²) in [6.07, 6.45) is 0. The Balaban J connectivity index is 1.63. The number of aliphatic hydroxyl groups excluding tert-OH is 1. The highest BCUT2D eigenvalue weighted by atomic mass is 79.9. The van der Waals surface area contributed by atoms with Crippen LogP contribution in [0.5, 0.6) is 5.75 Å². The molecule has 88 valence electrons. The van der Waals surface area contributed by atoms with Crippen molar-refractivity contribution in [2.75, 3.05) is 32.8 Å². The van der Waals surface area contributed by atoms with E-state index in [1.54, 1.807) is 0 Å². The largest absolute Gasteiger partial charge is 0.492 e. The number of ether oxygens (including phenoxy) is 1. The fourth-order valence-electron chi connectivity index (χ4n) is 1.80. The molecule has 16 heavy (non-hydrogen) atoms. The maximum Gasteiger partial charge on any atom is 0.119 e.